The Labute approximate surface area is 173 Å². The third kappa shape index (κ3) is 4.55. The minimum absolute atomic E-state index is 0.157. The van der Waals surface area contributed by atoms with E-state index in [4.69, 9.17) is 11.6 Å². The Bertz CT molecular complexity index is 1120. The summed E-state index contributed by atoms with van der Waals surface area (Å²) in [6.45, 7) is 1.03. The third-order valence-electron chi connectivity index (χ3n) is 4.59. The molecule has 29 heavy (non-hydrogen) atoms. The van der Waals surface area contributed by atoms with E-state index in [1.165, 1.54) is 10.2 Å². The molecule has 0 aliphatic heterocycles. The van der Waals surface area contributed by atoms with Gasteiger partial charge in [-0.25, -0.2) is 9.36 Å². The number of halogens is 1. The van der Waals surface area contributed by atoms with Crippen LogP contribution >= 0.6 is 11.6 Å². The Kier molecular flexibility index (Phi) is 5.72. The van der Waals surface area contributed by atoms with Crippen molar-refractivity contribution < 1.29 is 0 Å². The molecule has 0 radical (unpaired) electrons. The average Bonchev–Trinajstić information content (AvgIpc) is 3.29. The van der Waals surface area contributed by atoms with Gasteiger partial charge in [0, 0.05) is 18.9 Å². The highest BCUT2D eigenvalue weighted by molar-refractivity contribution is 6.32. The van der Waals surface area contributed by atoms with Crippen molar-refractivity contribution in [2.45, 2.75) is 13.0 Å². The lowest BCUT2D eigenvalue weighted by Crippen LogP contribution is -2.25. The van der Waals surface area contributed by atoms with Crippen LogP contribution in [0.2, 0.25) is 5.02 Å². The van der Waals surface area contributed by atoms with Gasteiger partial charge in [-0.15, -0.1) is 0 Å². The minimum atomic E-state index is -0.302. The van der Waals surface area contributed by atoms with Crippen molar-refractivity contribution >= 4 is 17.3 Å². The van der Waals surface area contributed by atoms with E-state index in [0.717, 1.165) is 17.7 Å². The summed E-state index contributed by atoms with van der Waals surface area (Å²) >= 11 is 6.28. The normalized spacial score (nSPS) is 10.8. The molecule has 0 atom stereocenters. The van der Waals surface area contributed by atoms with Gasteiger partial charge in [-0.05, 0) is 35.7 Å². The molecular formula is C22H20ClN5O. The van der Waals surface area contributed by atoms with Gasteiger partial charge in [0.15, 0.2) is 0 Å². The van der Waals surface area contributed by atoms with Crippen LogP contribution in [0.4, 0.5) is 5.69 Å². The molecule has 0 saturated carbocycles. The maximum absolute atomic E-state index is 12.5. The second-order valence-corrected chi connectivity index (χ2v) is 6.99. The van der Waals surface area contributed by atoms with Crippen LogP contribution in [0.1, 0.15) is 11.1 Å². The fourth-order valence-electron chi connectivity index (χ4n) is 3.04. The number of anilines is 1. The van der Waals surface area contributed by atoms with Crippen LogP contribution in [0.3, 0.4) is 0 Å². The summed E-state index contributed by atoms with van der Waals surface area (Å²) < 4.78 is 3.19. The Morgan fingerprint density at radius 2 is 1.72 bits per heavy atom. The van der Waals surface area contributed by atoms with Crippen LogP contribution in [0.5, 0.6) is 0 Å². The van der Waals surface area contributed by atoms with Crippen molar-refractivity contribution in [3.63, 3.8) is 0 Å². The third-order valence-corrected chi connectivity index (χ3v) is 4.96. The highest BCUT2D eigenvalue weighted by Crippen LogP contribution is 2.16. The molecule has 1 N–H and O–H groups in total. The fourth-order valence-corrected chi connectivity index (χ4v) is 3.25. The molecule has 2 heterocycles. The average molecular weight is 406 g/mol. The molecule has 4 aromatic rings. The molecule has 0 spiro atoms. The maximum Gasteiger partial charge on any atom is 0.287 e. The second kappa shape index (κ2) is 8.75. The van der Waals surface area contributed by atoms with Gasteiger partial charge in [-0.3, -0.25) is 4.79 Å². The van der Waals surface area contributed by atoms with Gasteiger partial charge in [0.2, 0.25) is 0 Å². The first kappa shape index (κ1) is 19.0. The molecule has 0 unspecified atom stereocenters. The lowest BCUT2D eigenvalue weighted by Gasteiger charge is -2.11. The number of hydrogen-bond donors (Lipinski definition) is 1. The first-order valence-corrected chi connectivity index (χ1v) is 9.71. The van der Waals surface area contributed by atoms with Gasteiger partial charge in [0.05, 0.1) is 24.1 Å². The van der Waals surface area contributed by atoms with E-state index in [0.29, 0.717) is 18.8 Å². The van der Waals surface area contributed by atoms with Crippen LogP contribution in [0, 0.1) is 0 Å². The van der Waals surface area contributed by atoms with Gasteiger partial charge in [-0.1, -0.05) is 54.1 Å². The first-order valence-electron chi connectivity index (χ1n) is 9.33. The summed E-state index contributed by atoms with van der Waals surface area (Å²) in [5.74, 6) is 0. The van der Waals surface area contributed by atoms with Crippen molar-refractivity contribution in [2.24, 2.45) is 0 Å². The second-order valence-electron chi connectivity index (χ2n) is 6.61. The van der Waals surface area contributed by atoms with E-state index in [9.17, 15) is 4.79 Å². The van der Waals surface area contributed by atoms with Gasteiger partial charge in [0.25, 0.3) is 5.56 Å². The van der Waals surface area contributed by atoms with Crippen molar-refractivity contribution in [3.05, 3.63) is 106 Å². The van der Waals surface area contributed by atoms with E-state index in [1.807, 2.05) is 59.4 Å². The number of benzene rings is 2. The number of nitrogens with zero attached hydrogens (tertiary/aromatic N) is 4. The van der Waals surface area contributed by atoms with E-state index >= 15 is 0 Å². The smallest absolute Gasteiger partial charge is 0.287 e. The molecule has 0 saturated heterocycles. The van der Waals surface area contributed by atoms with Gasteiger partial charge >= 0.3 is 0 Å². The predicted octanol–water partition coefficient (Wildman–Crippen LogP) is 3.79. The predicted molar refractivity (Wildman–Crippen MR) is 115 cm³/mol. The van der Waals surface area contributed by atoms with Crippen LogP contribution in [0.25, 0.3) is 5.69 Å². The molecular weight excluding hydrogens is 386 g/mol. The van der Waals surface area contributed by atoms with Gasteiger partial charge in [-0.2, -0.15) is 10.2 Å². The highest BCUT2D eigenvalue weighted by atomic mass is 35.5. The molecule has 7 heteroatoms. The van der Waals surface area contributed by atoms with Crippen LogP contribution in [-0.2, 0) is 13.0 Å². The summed E-state index contributed by atoms with van der Waals surface area (Å²) in [5, 5.41) is 11.8. The van der Waals surface area contributed by atoms with E-state index in [-0.39, 0.29) is 10.6 Å². The Balaban J connectivity index is 1.37. The van der Waals surface area contributed by atoms with Gasteiger partial charge in [0.1, 0.15) is 5.02 Å². The zero-order chi connectivity index (χ0) is 20.1. The largest absolute Gasteiger partial charge is 0.382 e. The fraction of sp³-hybridized carbons (Fsp3) is 0.136. The SMILES string of the molecule is O=c1c(Cl)c(NCCc2ccc(-n3cccn3)cc2)cnn1Cc1ccccc1. The number of nitrogens with one attached hydrogen (secondary N) is 1. The first-order chi connectivity index (χ1) is 14.2. The Morgan fingerprint density at radius 3 is 2.45 bits per heavy atom. The molecule has 0 bridgehead atoms. The van der Waals surface area contributed by atoms with E-state index in [1.54, 1.807) is 12.4 Å². The molecule has 4 rings (SSSR count). The summed E-state index contributed by atoms with van der Waals surface area (Å²) in [6, 6.07) is 19.8. The van der Waals surface area contributed by atoms with Gasteiger partial charge < -0.3 is 5.32 Å². The zero-order valence-corrected chi connectivity index (χ0v) is 16.5. The lowest BCUT2D eigenvalue weighted by atomic mass is 10.1. The minimum Gasteiger partial charge on any atom is -0.382 e. The molecule has 0 aliphatic rings. The van der Waals surface area contributed by atoms with Crippen LogP contribution < -0.4 is 10.9 Å². The number of hydrogen-bond acceptors (Lipinski definition) is 4. The molecule has 0 aliphatic carbocycles. The molecule has 2 aromatic heterocycles. The topological polar surface area (TPSA) is 64.7 Å². The monoisotopic (exact) mass is 405 g/mol. The molecule has 0 fully saturated rings. The van der Waals surface area contributed by atoms with Crippen molar-refractivity contribution in [1.82, 2.24) is 19.6 Å². The van der Waals surface area contributed by atoms with E-state index < -0.39 is 0 Å². The van der Waals surface area contributed by atoms with Crippen molar-refractivity contribution in [1.29, 1.82) is 0 Å². The molecule has 0 amide bonds. The Morgan fingerprint density at radius 1 is 0.931 bits per heavy atom. The van der Waals surface area contributed by atoms with Crippen LogP contribution in [0.15, 0.2) is 84.0 Å². The summed E-state index contributed by atoms with van der Waals surface area (Å²) in [5.41, 5.74) is 3.44. The maximum atomic E-state index is 12.5. The zero-order valence-electron chi connectivity index (χ0n) is 15.7. The van der Waals surface area contributed by atoms with Crippen molar-refractivity contribution in [3.8, 4) is 5.69 Å². The molecule has 146 valence electrons. The summed E-state index contributed by atoms with van der Waals surface area (Å²) in [4.78, 5) is 12.5. The van der Waals surface area contributed by atoms with Crippen molar-refractivity contribution in [2.75, 3.05) is 11.9 Å². The highest BCUT2D eigenvalue weighted by Gasteiger charge is 2.09. The Hall–Kier alpha value is -3.38. The molecule has 6 nitrogen and oxygen atoms in total. The standard InChI is InChI=1S/C22H20ClN5O/c23-21-20(15-26-28(22(21)29)16-18-5-2-1-3-6-18)24-13-11-17-7-9-19(10-8-17)27-14-4-12-25-27/h1-10,12,14-15,24H,11,13,16H2. The van der Waals surface area contributed by atoms with E-state index in [2.05, 4.69) is 27.6 Å². The summed E-state index contributed by atoms with van der Waals surface area (Å²) in [6.07, 6.45) is 6.06. The quantitative estimate of drug-likeness (QED) is 0.508. The van der Waals surface area contributed by atoms with Crippen LogP contribution in [-0.4, -0.2) is 26.1 Å². The number of aromatic nitrogens is 4. The molecule has 2 aromatic carbocycles. The summed E-state index contributed by atoms with van der Waals surface area (Å²) in [7, 11) is 0. The lowest BCUT2D eigenvalue weighted by molar-refractivity contribution is 0.640. The number of rotatable bonds is 7.